The van der Waals surface area contributed by atoms with Crippen LogP contribution in [0.5, 0.6) is 0 Å². The monoisotopic (exact) mass is 486 g/mol. The van der Waals surface area contributed by atoms with Crippen LogP contribution in [-0.2, 0) is 10.0 Å². The topological polar surface area (TPSA) is 65.5 Å². The van der Waals surface area contributed by atoms with Gasteiger partial charge in [-0.3, -0.25) is 4.98 Å². The molecule has 0 amide bonds. The normalized spacial score (nSPS) is 22.7. The van der Waals surface area contributed by atoms with Gasteiger partial charge in [-0.15, -0.1) is 0 Å². The Kier molecular flexibility index (Phi) is 6.49. The Hall–Kier alpha value is -1.93. The summed E-state index contributed by atoms with van der Waals surface area (Å²) in [7, 11) is -3.16. The summed E-state index contributed by atoms with van der Waals surface area (Å²) in [4.78, 5) is 7.42. The molecular formula is C25H31ClN4O2S. The fraction of sp³-hybridized carbons (Fsp3) is 0.480. The molecule has 1 aromatic carbocycles. The van der Waals surface area contributed by atoms with Crippen LogP contribution in [0.3, 0.4) is 0 Å². The van der Waals surface area contributed by atoms with Gasteiger partial charge in [0, 0.05) is 61.1 Å². The molecule has 0 spiro atoms. The molecule has 2 aliphatic heterocycles. The summed E-state index contributed by atoms with van der Waals surface area (Å²) < 4.78 is 25.8. The number of nitrogens with zero attached hydrogens (tertiary/aromatic N) is 3. The van der Waals surface area contributed by atoms with E-state index in [-0.39, 0.29) is 5.92 Å². The number of hydrogen-bond donors (Lipinski definition) is 1. The summed E-state index contributed by atoms with van der Waals surface area (Å²) in [6, 6.07) is 10.4. The summed E-state index contributed by atoms with van der Waals surface area (Å²) in [5.74, 6) is 0.421. The van der Waals surface area contributed by atoms with Crippen LogP contribution < -0.4 is 5.32 Å². The van der Waals surface area contributed by atoms with Gasteiger partial charge >= 0.3 is 0 Å². The Morgan fingerprint density at radius 2 is 1.91 bits per heavy atom. The number of aromatic nitrogens is 1. The molecule has 176 valence electrons. The Labute approximate surface area is 201 Å². The molecule has 5 rings (SSSR count). The van der Waals surface area contributed by atoms with Crippen molar-refractivity contribution in [2.45, 2.75) is 25.2 Å². The Morgan fingerprint density at radius 1 is 1.09 bits per heavy atom. The average Bonchev–Trinajstić information content (AvgIpc) is 3.15. The van der Waals surface area contributed by atoms with Gasteiger partial charge < -0.3 is 10.2 Å². The van der Waals surface area contributed by atoms with Crippen LogP contribution in [0.25, 0.3) is 11.8 Å². The number of benzene rings is 1. The van der Waals surface area contributed by atoms with Crippen LogP contribution in [-0.4, -0.2) is 68.1 Å². The minimum absolute atomic E-state index is 0.106. The number of hydrogen-bond acceptors (Lipinski definition) is 5. The van der Waals surface area contributed by atoms with Gasteiger partial charge in [-0.05, 0) is 73.2 Å². The van der Waals surface area contributed by atoms with Crippen LogP contribution >= 0.6 is 11.6 Å². The lowest BCUT2D eigenvalue weighted by Crippen LogP contribution is -2.39. The number of pyridine rings is 1. The molecule has 2 aromatic rings. The van der Waals surface area contributed by atoms with E-state index in [1.807, 2.05) is 18.3 Å². The number of sulfonamides is 1. The van der Waals surface area contributed by atoms with Crippen LogP contribution in [0.1, 0.15) is 47.6 Å². The van der Waals surface area contributed by atoms with Gasteiger partial charge in [0.15, 0.2) is 0 Å². The number of nitrogens with one attached hydrogen (secondary N) is 1. The second-order valence-electron chi connectivity index (χ2n) is 9.31. The van der Waals surface area contributed by atoms with Gasteiger partial charge in [0.25, 0.3) is 0 Å². The van der Waals surface area contributed by atoms with Crippen molar-refractivity contribution in [1.82, 2.24) is 19.5 Å². The molecule has 33 heavy (non-hydrogen) atoms. The van der Waals surface area contributed by atoms with Crippen molar-refractivity contribution < 1.29 is 8.42 Å². The molecule has 1 aliphatic carbocycles. The maximum atomic E-state index is 12.1. The molecule has 8 heteroatoms. The Bertz CT molecular complexity index is 1150. The minimum atomic E-state index is -3.16. The zero-order valence-corrected chi connectivity index (χ0v) is 20.6. The highest BCUT2D eigenvalue weighted by Crippen LogP contribution is 2.45. The van der Waals surface area contributed by atoms with Crippen LogP contribution in [0, 0.1) is 5.92 Å². The number of fused-ring (bicyclic) bond motifs is 2. The van der Waals surface area contributed by atoms with E-state index in [9.17, 15) is 8.42 Å². The zero-order valence-electron chi connectivity index (χ0n) is 19.0. The maximum absolute atomic E-state index is 12.1. The Morgan fingerprint density at radius 3 is 2.70 bits per heavy atom. The molecule has 6 nitrogen and oxygen atoms in total. The number of rotatable bonds is 3. The van der Waals surface area contributed by atoms with Crippen LogP contribution in [0.4, 0.5) is 0 Å². The minimum Gasteiger partial charge on any atom is -0.370 e. The quantitative estimate of drug-likeness (QED) is 0.717. The molecule has 0 saturated carbocycles. The highest BCUT2D eigenvalue weighted by Gasteiger charge is 2.36. The highest BCUT2D eigenvalue weighted by molar-refractivity contribution is 7.88. The summed E-state index contributed by atoms with van der Waals surface area (Å²) in [6.07, 6.45) is 8.22. The van der Waals surface area contributed by atoms with E-state index < -0.39 is 10.0 Å². The molecule has 2 saturated heterocycles. The lowest BCUT2D eigenvalue weighted by molar-refractivity contribution is 0.256. The molecule has 1 aromatic heterocycles. The third-order valence-corrected chi connectivity index (χ3v) is 8.74. The van der Waals surface area contributed by atoms with Crippen molar-refractivity contribution in [1.29, 1.82) is 0 Å². The molecule has 3 aliphatic rings. The van der Waals surface area contributed by atoms with Gasteiger partial charge in [0.05, 0.1) is 11.9 Å². The number of halogens is 1. The first-order chi connectivity index (χ1) is 15.9. The maximum Gasteiger partial charge on any atom is 0.211 e. The van der Waals surface area contributed by atoms with E-state index in [4.69, 9.17) is 16.6 Å². The van der Waals surface area contributed by atoms with Crippen molar-refractivity contribution in [3.63, 3.8) is 0 Å². The average molecular weight is 487 g/mol. The van der Waals surface area contributed by atoms with Gasteiger partial charge in [-0.25, -0.2) is 12.7 Å². The van der Waals surface area contributed by atoms with Crippen molar-refractivity contribution >= 4 is 33.4 Å². The molecule has 1 atom stereocenters. The van der Waals surface area contributed by atoms with Gasteiger partial charge in [-0.1, -0.05) is 17.7 Å². The van der Waals surface area contributed by atoms with E-state index in [0.29, 0.717) is 19.0 Å². The third-order valence-electron chi connectivity index (χ3n) is 7.20. The van der Waals surface area contributed by atoms with Crippen molar-refractivity contribution in [3.05, 3.63) is 63.9 Å². The fourth-order valence-corrected chi connectivity index (χ4v) is 6.63. The van der Waals surface area contributed by atoms with Gasteiger partial charge in [0.2, 0.25) is 10.0 Å². The Balaban J connectivity index is 1.60. The van der Waals surface area contributed by atoms with Crippen molar-refractivity contribution in [3.8, 4) is 0 Å². The summed E-state index contributed by atoms with van der Waals surface area (Å²) in [5, 5.41) is 4.23. The van der Waals surface area contributed by atoms with E-state index in [2.05, 4.69) is 34.5 Å². The first kappa shape index (κ1) is 22.8. The standard InChI is InChI=1S/C25H31ClN4O2S/c1-33(31,32)30-13-7-18(8-14-30)24-21-6-5-20(26)16-19(21)17-23(22-4-2-10-28-25(22)24)29-12-3-9-27-11-15-29/h2,4-6,10,16-18,24,27H,3,7-9,11-15H2,1H3. The molecule has 1 N–H and O–H groups in total. The van der Waals surface area contributed by atoms with Crippen molar-refractivity contribution in [2.24, 2.45) is 5.92 Å². The third kappa shape index (κ3) is 4.69. The van der Waals surface area contributed by atoms with Gasteiger partial charge in [0.1, 0.15) is 0 Å². The predicted molar refractivity (Wildman–Crippen MR) is 134 cm³/mol. The largest absolute Gasteiger partial charge is 0.370 e. The molecule has 1 unspecified atom stereocenters. The number of piperidine rings is 1. The molecule has 0 radical (unpaired) electrons. The highest BCUT2D eigenvalue weighted by atomic mass is 35.5. The molecule has 3 heterocycles. The van der Waals surface area contributed by atoms with Crippen molar-refractivity contribution in [2.75, 3.05) is 45.5 Å². The van der Waals surface area contributed by atoms with Crippen LogP contribution in [0.15, 0.2) is 36.5 Å². The van der Waals surface area contributed by atoms with E-state index in [1.165, 1.54) is 23.1 Å². The second-order valence-corrected chi connectivity index (χ2v) is 11.7. The first-order valence-electron chi connectivity index (χ1n) is 11.8. The predicted octanol–water partition coefficient (Wildman–Crippen LogP) is 3.65. The second kappa shape index (κ2) is 9.37. The summed E-state index contributed by atoms with van der Waals surface area (Å²) >= 11 is 6.46. The van der Waals surface area contributed by atoms with Crippen LogP contribution in [0.2, 0.25) is 5.02 Å². The van der Waals surface area contributed by atoms with E-state index in [0.717, 1.165) is 61.7 Å². The summed E-state index contributed by atoms with van der Waals surface area (Å²) in [6.45, 7) is 5.07. The van der Waals surface area contributed by atoms with E-state index in [1.54, 1.807) is 4.31 Å². The van der Waals surface area contributed by atoms with E-state index >= 15 is 0 Å². The fourth-order valence-electron chi connectivity index (χ4n) is 5.57. The lowest BCUT2D eigenvalue weighted by Gasteiger charge is -2.36. The van der Waals surface area contributed by atoms with Gasteiger partial charge in [-0.2, -0.15) is 0 Å². The molecular weight excluding hydrogens is 456 g/mol. The molecule has 0 bridgehead atoms. The lowest BCUT2D eigenvalue weighted by atomic mass is 9.76. The molecule has 2 fully saturated rings. The zero-order chi connectivity index (χ0) is 23.0. The smallest absolute Gasteiger partial charge is 0.211 e. The first-order valence-corrected chi connectivity index (χ1v) is 14.0. The summed E-state index contributed by atoms with van der Waals surface area (Å²) in [5.41, 5.74) is 5.87. The SMILES string of the molecule is CS(=O)(=O)N1CCC(C2c3ccc(Cl)cc3C=C(N3CCCNCC3)c3cccnc32)CC1.